The fraction of sp³-hybridized carbons (Fsp3) is 0.286. The van der Waals surface area contributed by atoms with E-state index < -0.39 is 10.0 Å². The first-order valence-electron chi connectivity index (χ1n) is 6.38. The molecule has 1 heterocycles. The first-order chi connectivity index (χ1) is 9.57. The van der Waals surface area contributed by atoms with Crippen molar-refractivity contribution in [1.82, 2.24) is 4.31 Å². The Bertz CT molecular complexity index is 736. The van der Waals surface area contributed by atoms with Crippen LogP contribution in [0.1, 0.15) is 0 Å². The molecule has 0 saturated carbocycles. The van der Waals surface area contributed by atoms with Gasteiger partial charge in [-0.3, -0.25) is 0 Å². The molecule has 5 nitrogen and oxygen atoms in total. The van der Waals surface area contributed by atoms with Crippen LogP contribution in [0.3, 0.4) is 0 Å². The average molecular weight is 293 g/mol. The molecule has 1 saturated heterocycles. The van der Waals surface area contributed by atoms with Crippen LogP contribution in [-0.4, -0.2) is 44.1 Å². The van der Waals surface area contributed by atoms with Gasteiger partial charge in [0.25, 0.3) is 0 Å². The Labute approximate surface area is 117 Å². The first-order valence-corrected chi connectivity index (χ1v) is 7.82. The molecule has 0 spiro atoms. The summed E-state index contributed by atoms with van der Waals surface area (Å²) in [7, 11) is -3.47. The van der Waals surface area contributed by atoms with E-state index in [0.717, 1.165) is 10.8 Å². The van der Waals surface area contributed by atoms with Crippen LogP contribution in [0.4, 0.5) is 0 Å². The fourth-order valence-corrected chi connectivity index (χ4v) is 3.75. The van der Waals surface area contributed by atoms with Crippen molar-refractivity contribution in [2.45, 2.75) is 4.90 Å². The van der Waals surface area contributed by atoms with Crippen molar-refractivity contribution >= 4 is 20.8 Å². The Balaban J connectivity index is 2.02. The number of benzene rings is 2. The Hall–Kier alpha value is -1.63. The zero-order chi connectivity index (χ0) is 14.2. The monoisotopic (exact) mass is 293 g/mol. The average Bonchev–Trinajstić information content (AvgIpc) is 2.47. The maximum absolute atomic E-state index is 12.5. The van der Waals surface area contributed by atoms with E-state index in [4.69, 9.17) is 4.74 Å². The lowest BCUT2D eigenvalue weighted by Crippen LogP contribution is -2.40. The second-order valence-electron chi connectivity index (χ2n) is 4.71. The summed E-state index contributed by atoms with van der Waals surface area (Å²) in [5, 5.41) is 11.0. The Kier molecular flexibility index (Phi) is 3.37. The zero-order valence-electron chi connectivity index (χ0n) is 10.8. The molecule has 1 fully saturated rings. The van der Waals surface area contributed by atoms with E-state index >= 15 is 0 Å². The molecule has 2 aromatic carbocycles. The number of morpholine rings is 1. The van der Waals surface area contributed by atoms with Crippen LogP contribution in [0.15, 0.2) is 41.3 Å². The third-order valence-electron chi connectivity index (χ3n) is 3.40. The number of nitrogens with zero attached hydrogens (tertiary/aromatic N) is 1. The maximum Gasteiger partial charge on any atom is 0.243 e. The van der Waals surface area contributed by atoms with Crippen molar-refractivity contribution in [2.24, 2.45) is 0 Å². The molecule has 0 radical (unpaired) electrons. The highest BCUT2D eigenvalue weighted by Gasteiger charge is 2.26. The molecule has 3 rings (SSSR count). The summed E-state index contributed by atoms with van der Waals surface area (Å²) in [6.45, 7) is 1.63. The minimum Gasteiger partial charge on any atom is -0.508 e. The van der Waals surface area contributed by atoms with Gasteiger partial charge in [0, 0.05) is 13.1 Å². The van der Waals surface area contributed by atoms with Gasteiger partial charge in [0.05, 0.1) is 18.1 Å². The molecule has 20 heavy (non-hydrogen) atoms. The van der Waals surface area contributed by atoms with Crippen molar-refractivity contribution in [3.8, 4) is 5.75 Å². The van der Waals surface area contributed by atoms with E-state index in [0.29, 0.717) is 26.3 Å². The van der Waals surface area contributed by atoms with Gasteiger partial charge in [0.15, 0.2) is 0 Å². The lowest BCUT2D eigenvalue weighted by atomic mass is 10.1. The van der Waals surface area contributed by atoms with Crippen LogP contribution in [0.25, 0.3) is 10.8 Å². The zero-order valence-corrected chi connectivity index (χ0v) is 11.6. The topological polar surface area (TPSA) is 66.8 Å². The minimum atomic E-state index is -3.47. The van der Waals surface area contributed by atoms with Crippen molar-refractivity contribution in [2.75, 3.05) is 26.3 Å². The standard InChI is InChI=1S/C14H15NO4S/c16-13-3-1-12-10-14(4-2-11(12)9-13)20(17,18)15-5-7-19-8-6-15/h1-4,9-10,16H,5-8H2. The molecule has 0 unspecified atom stereocenters. The number of phenolic OH excluding ortho intramolecular Hbond substituents is 1. The molecular formula is C14H15NO4S. The van der Waals surface area contributed by atoms with Crippen LogP contribution in [-0.2, 0) is 14.8 Å². The van der Waals surface area contributed by atoms with Crippen LogP contribution in [0.2, 0.25) is 0 Å². The van der Waals surface area contributed by atoms with Gasteiger partial charge in [0.2, 0.25) is 10.0 Å². The molecule has 2 aromatic rings. The van der Waals surface area contributed by atoms with Gasteiger partial charge in [-0.1, -0.05) is 12.1 Å². The molecule has 1 aliphatic rings. The second kappa shape index (κ2) is 5.05. The van der Waals surface area contributed by atoms with E-state index in [1.54, 1.807) is 36.4 Å². The van der Waals surface area contributed by atoms with E-state index in [9.17, 15) is 13.5 Å². The maximum atomic E-state index is 12.5. The normalized spacial score (nSPS) is 17.4. The van der Waals surface area contributed by atoms with E-state index in [-0.39, 0.29) is 10.6 Å². The number of fused-ring (bicyclic) bond motifs is 1. The minimum absolute atomic E-state index is 0.168. The van der Waals surface area contributed by atoms with E-state index in [1.807, 2.05) is 0 Å². The van der Waals surface area contributed by atoms with Crippen molar-refractivity contribution in [3.63, 3.8) is 0 Å². The van der Waals surface area contributed by atoms with Crippen LogP contribution < -0.4 is 0 Å². The van der Waals surface area contributed by atoms with Crippen molar-refractivity contribution < 1.29 is 18.3 Å². The Morgan fingerprint density at radius 3 is 2.40 bits per heavy atom. The molecule has 0 amide bonds. The molecule has 0 aliphatic carbocycles. The molecule has 1 aliphatic heterocycles. The lowest BCUT2D eigenvalue weighted by Gasteiger charge is -2.26. The summed E-state index contributed by atoms with van der Waals surface area (Å²) < 4.78 is 31.7. The van der Waals surface area contributed by atoms with Crippen molar-refractivity contribution in [1.29, 1.82) is 0 Å². The molecule has 0 atom stereocenters. The highest BCUT2D eigenvalue weighted by Crippen LogP contribution is 2.25. The summed E-state index contributed by atoms with van der Waals surface area (Å²) >= 11 is 0. The summed E-state index contributed by atoms with van der Waals surface area (Å²) in [6, 6.07) is 9.80. The van der Waals surface area contributed by atoms with Crippen LogP contribution >= 0.6 is 0 Å². The van der Waals surface area contributed by atoms with Gasteiger partial charge < -0.3 is 9.84 Å². The summed E-state index contributed by atoms with van der Waals surface area (Å²) in [4.78, 5) is 0.276. The third kappa shape index (κ3) is 2.37. The Morgan fingerprint density at radius 2 is 1.65 bits per heavy atom. The molecule has 0 bridgehead atoms. The van der Waals surface area contributed by atoms with Crippen LogP contribution in [0.5, 0.6) is 5.75 Å². The number of ether oxygens (including phenoxy) is 1. The number of sulfonamides is 1. The van der Waals surface area contributed by atoms with Crippen LogP contribution in [0, 0.1) is 0 Å². The quantitative estimate of drug-likeness (QED) is 0.912. The molecule has 6 heteroatoms. The van der Waals surface area contributed by atoms with Gasteiger partial charge in [-0.15, -0.1) is 0 Å². The van der Waals surface area contributed by atoms with E-state index in [2.05, 4.69) is 0 Å². The summed E-state index contributed by atoms with van der Waals surface area (Å²) in [5.74, 6) is 0.168. The van der Waals surface area contributed by atoms with Gasteiger partial charge in [-0.2, -0.15) is 4.31 Å². The smallest absolute Gasteiger partial charge is 0.243 e. The van der Waals surface area contributed by atoms with Gasteiger partial charge >= 0.3 is 0 Å². The third-order valence-corrected chi connectivity index (χ3v) is 5.30. The van der Waals surface area contributed by atoms with Crippen molar-refractivity contribution in [3.05, 3.63) is 36.4 Å². The number of phenols is 1. The number of aromatic hydroxyl groups is 1. The molecule has 1 N–H and O–H groups in total. The number of hydrogen-bond acceptors (Lipinski definition) is 4. The fourth-order valence-electron chi connectivity index (χ4n) is 2.31. The first kappa shape index (κ1) is 13.4. The number of rotatable bonds is 2. The van der Waals surface area contributed by atoms with Gasteiger partial charge in [-0.05, 0) is 35.0 Å². The molecule has 0 aromatic heterocycles. The predicted molar refractivity (Wildman–Crippen MR) is 75.2 cm³/mol. The van der Waals surface area contributed by atoms with Gasteiger partial charge in [-0.25, -0.2) is 8.42 Å². The van der Waals surface area contributed by atoms with Gasteiger partial charge in [0.1, 0.15) is 5.75 Å². The number of hydrogen-bond donors (Lipinski definition) is 1. The summed E-state index contributed by atoms with van der Waals surface area (Å²) in [5.41, 5.74) is 0. The summed E-state index contributed by atoms with van der Waals surface area (Å²) in [6.07, 6.45) is 0. The highest BCUT2D eigenvalue weighted by molar-refractivity contribution is 7.89. The second-order valence-corrected chi connectivity index (χ2v) is 6.65. The largest absolute Gasteiger partial charge is 0.508 e. The van der Waals surface area contributed by atoms with E-state index in [1.165, 1.54) is 4.31 Å². The Morgan fingerprint density at radius 1 is 1.00 bits per heavy atom. The highest BCUT2D eigenvalue weighted by atomic mass is 32.2. The predicted octanol–water partition coefficient (Wildman–Crippen LogP) is 1.57. The molecule has 106 valence electrons. The SMILES string of the molecule is O=S(=O)(c1ccc2cc(O)ccc2c1)N1CCOCC1. The molecular weight excluding hydrogens is 278 g/mol. The lowest BCUT2D eigenvalue weighted by molar-refractivity contribution is 0.0730.